The number of nitrogens with zero attached hydrogens (tertiary/aromatic N) is 3. The molecule has 1 aliphatic rings. The molecule has 0 unspecified atom stereocenters. The lowest BCUT2D eigenvalue weighted by molar-refractivity contribution is 0.247. The highest BCUT2D eigenvalue weighted by molar-refractivity contribution is 5.78. The van der Waals surface area contributed by atoms with E-state index in [-0.39, 0.29) is 0 Å². The first kappa shape index (κ1) is 15.0. The molecular formula is C20H21N3O. The first-order valence-electron chi connectivity index (χ1n) is 8.39. The zero-order chi connectivity index (χ0) is 16.4. The fourth-order valence-corrected chi connectivity index (χ4v) is 3.25. The molecule has 0 amide bonds. The molecule has 4 heteroatoms. The van der Waals surface area contributed by atoms with Crippen LogP contribution in [-0.4, -0.2) is 41.2 Å². The second kappa shape index (κ2) is 6.49. The van der Waals surface area contributed by atoms with Crippen molar-refractivity contribution in [3.63, 3.8) is 0 Å². The Labute approximate surface area is 142 Å². The fraction of sp³-hybridized carbons (Fsp3) is 0.250. The quantitative estimate of drug-likeness (QED) is 0.804. The maximum atomic E-state index is 9.40. The Hall–Kier alpha value is -2.59. The van der Waals surface area contributed by atoms with E-state index in [1.807, 2.05) is 24.3 Å². The molecule has 0 radical (unpaired) electrons. The number of phenols is 1. The molecule has 1 fully saturated rings. The molecule has 24 heavy (non-hydrogen) atoms. The molecule has 0 saturated carbocycles. The van der Waals surface area contributed by atoms with Gasteiger partial charge in [0.2, 0.25) is 0 Å². The SMILES string of the molecule is Oc1ccc(N2CCN(Cc3ccc4ccccc4n3)CC2)cc1. The van der Waals surface area contributed by atoms with Crippen LogP contribution in [0.2, 0.25) is 0 Å². The lowest BCUT2D eigenvalue weighted by Crippen LogP contribution is -2.46. The van der Waals surface area contributed by atoms with Gasteiger partial charge in [-0.1, -0.05) is 24.3 Å². The first-order chi connectivity index (χ1) is 11.8. The van der Waals surface area contributed by atoms with Gasteiger partial charge in [-0.3, -0.25) is 9.88 Å². The van der Waals surface area contributed by atoms with Gasteiger partial charge in [0.1, 0.15) is 5.75 Å². The highest BCUT2D eigenvalue weighted by atomic mass is 16.3. The minimum atomic E-state index is 0.319. The average molecular weight is 319 g/mol. The van der Waals surface area contributed by atoms with Crippen LogP contribution >= 0.6 is 0 Å². The van der Waals surface area contributed by atoms with Crippen molar-refractivity contribution in [3.05, 3.63) is 66.4 Å². The van der Waals surface area contributed by atoms with Gasteiger partial charge in [-0.15, -0.1) is 0 Å². The topological polar surface area (TPSA) is 39.6 Å². The number of aromatic nitrogens is 1. The van der Waals surface area contributed by atoms with Gasteiger partial charge in [-0.25, -0.2) is 0 Å². The zero-order valence-corrected chi connectivity index (χ0v) is 13.6. The third-order valence-corrected chi connectivity index (χ3v) is 4.63. The molecule has 2 heterocycles. The van der Waals surface area contributed by atoms with Crippen molar-refractivity contribution in [1.82, 2.24) is 9.88 Å². The highest BCUT2D eigenvalue weighted by Crippen LogP contribution is 2.20. The Bertz CT molecular complexity index is 824. The molecule has 0 spiro atoms. The Kier molecular flexibility index (Phi) is 4.05. The standard InChI is InChI=1S/C20H21N3O/c24-19-9-7-18(8-10-19)23-13-11-22(12-14-23)15-17-6-5-16-3-1-2-4-20(16)21-17/h1-10,24H,11-15H2. The fourth-order valence-electron chi connectivity index (χ4n) is 3.25. The molecule has 3 aromatic rings. The molecule has 0 atom stereocenters. The number of aromatic hydroxyl groups is 1. The van der Waals surface area contributed by atoms with Crippen LogP contribution < -0.4 is 4.90 Å². The third kappa shape index (κ3) is 3.19. The second-order valence-corrected chi connectivity index (χ2v) is 6.27. The zero-order valence-electron chi connectivity index (χ0n) is 13.6. The van der Waals surface area contributed by atoms with Crippen LogP contribution in [0, 0.1) is 0 Å². The van der Waals surface area contributed by atoms with Crippen molar-refractivity contribution >= 4 is 16.6 Å². The lowest BCUT2D eigenvalue weighted by atomic mass is 10.2. The molecule has 0 aliphatic carbocycles. The monoisotopic (exact) mass is 319 g/mol. The van der Waals surface area contributed by atoms with E-state index in [0.29, 0.717) is 5.75 Å². The van der Waals surface area contributed by atoms with Crippen LogP contribution in [0.3, 0.4) is 0 Å². The number of rotatable bonds is 3. The van der Waals surface area contributed by atoms with Gasteiger partial charge in [-0.05, 0) is 36.4 Å². The molecular weight excluding hydrogens is 298 g/mol. The normalized spacial score (nSPS) is 15.8. The van der Waals surface area contributed by atoms with Gasteiger partial charge in [0.25, 0.3) is 0 Å². The smallest absolute Gasteiger partial charge is 0.115 e. The van der Waals surface area contributed by atoms with Gasteiger partial charge in [0, 0.05) is 43.8 Å². The van der Waals surface area contributed by atoms with Crippen LogP contribution in [0.5, 0.6) is 5.75 Å². The number of anilines is 1. The van der Waals surface area contributed by atoms with Gasteiger partial charge < -0.3 is 10.0 Å². The largest absolute Gasteiger partial charge is 0.508 e. The van der Waals surface area contributed by atoms with Crippen LogP contribution in [0.15, 0.2) is 60.7 Å². The number of phenolic OH excluding ortho intramolecular Hbond substituents is 1. The van der Waals surface area contributed by atoms with Crippen molar-refractivity contribution in [1.29, 1.82) is 0 Å². The summed E-state index contributed by atoms with van der Waals surface area (Å²) < 4.78 is 0. The van der Waals surface area contributed by atoms with E-state index in [0.717, 1.165) is 43.9 Å². The van der Waals surface area contributed by atoms with Gasteiger partial charge in [0.05, 0.1) is 11.2 Å². The summed E-state index contributed by atoms with van der Waals surface area (Å²) in [4.78, 5) is 9.59. The van der Waals surface area contributed by atoms with Crippen LogP contribution in [0.4, 0.5) is 5.69 Å². The van der Waals surface area contributed by atoms with Crippen molar-refractivity contribution in [2.75, 3.05) is 31.1 Å². The number of pyridine rings is 1. The Morgan fingerprint density at radius 3 is 2.38 bits per heavy atom. The van der Waals surface area contributed by atoms with Crippen LogP contribution in [-0.2, 0) is 6.54 Å². The summed E-state index contributed by atoms with van der Waals surface area (Å²) in [5.74, 6) is 0.319. The lowest BCUT2D eigenvalue weighted by Gasteiger charge is -2.36. The summed E-state index contributed by atoms with van der Waals surface area (Å²) >= 11 is 0. The number of piperazine rings is 1. The summed E-state index contributed by atoms with van der Waals surface area (Å²) in [5, 5.41) is 10.6. The maximum Gasteiger partial charge on any atom is 0.115 e. The van der Waals surface area contributed by atoms with E-state index in [4.69, 9.17) is 4.98 Å². The second-order valence-electron chi connectivity index (χ2n) is 6.27. The third-order valence-electron chi connectivity index (χ3n) is 4.63. The van der Waals surface area contributed by atoms with E-state index in [1.54, 1.807) is 12.1 Å². The number of benzene rings is 2. The van der Waals surface area contributed by atoms with Crippen LogP contribution in [0.1, 0.15) is 5.69 Å². The number of hydrogen-bond donors (Lipinski definition) is 1. The predicted molar refractivity (Wildman–Crippen MR) is 97.3 cm³/mol. The van der Waals surface area contributed by atoms with Crippen LogP contribution in [0.25, 0.3) is 10.9 Å². The molecule has 0 bridgehead atoms. The van der Waals surface area contributed by atoms with Gasteiger partial charge in [-0.2, -0.15) is 0 Å². The summed E-state index contributed by atoms with van der Waals surface area (Å²) in [5.41, 5.74) is 3.38. The van der Waals surface area contributed by atoms with Crippen molar-refractivity contribution < 1.29 is 5.11 Å². The van der Waals surface area contributed by atoms with Crippen molar-refractivity contribution in [2.24, 2.45) is 0 Å². The Morgan fingerprint density at radius 2 is 1.58 bits per heavy atom. The van der Waals surface area contributed by atoms with Gasteiger partial charge >= 0.3 is 0 Å². The maximum absolute atomic E-state index is 9.40. The molecule has 1 N–H and O–H groups in total. The Morgan fingerprint density at radius 1 is 0.833 bits per heavy atom. The van der Waals surface area contributed by atoms with E-state index >= 15 is 0 Å². The van der Waals surface area contributed by atoms with E-state index in [2.05, 4.69) is 34.1 Å². The molecule has 122 valence electrons. The van der Waals surface area contributed by atoms with Crippen molar-refractivity contribution in [3.8, 4) is 5.75 Å². The minimum absolute atomic E-state index is 0.319. The number of fused-ring (bicyclic) bond motifs is 1. The summed E-state index contributed by atoms with van der Waals surface area (Å²) in [6.45, 7) is 4.94. The predicted octanol–water partition coefficient (Wildman–Crippen LogP) is 3.26. The van der Waals surface area contributed by atoms with E-state index in [1.165, 1.54) is 11.1 Å². The summed E-state index contributed by atoms with van der Waals surface area (Å²) in [6.07, 6.45) is 0. The van der Waals surface area contributed by atoms with E-state index < -0.39 is 0 Å². The summed E-state index contributed by atoms with van der Waals surface area (Å²) in [7, 11) is 0. The molecule has 1 saturated heterocycles. The molecule has 2 aromatic carbocycles. The number of para-hydroxylation sites is 1. The van der Waals surface area contributed by atoms with E-state index in [9.17, 15) is 5.11 Å². The average Bonchev–Trinajstić information content (AvgIpc) is 2.63. The summed E-state index contributed by atoms with van der Waals surface area (Å²) in [6, 6.07) is 20.0. The molecule has 4 rings (SSSR count). The molecule has 4 nitrogen and oxygen atoms in total. The highest BCUT2D eigenvalue weighted by Gasteiger charge is 2.17. The van der Waals surface area contributed by atoms with Crippen molar-refractivity contribution in [2.45, 2.75) is 6.54 Å². The minimum Gasteiger partial charge on any atom is -0.508 e. The molecule has 1 aromatic heterocycles. The first-order valence-corrected chi connectivity index (χ1v) is 8.39. The molecule has 1 aliphatic heterocycles. The van der Waals surface area contributed by atoms with Gasteiger partial charge in [0.15, 0.2) is 0 Å². The number of hydrogen-bond acceptors (Lipinski definition) is 4. The Balaban J connectivity index is 1.39.